The fraction of sp³-hybridized carbons (Fsp3) is 0.130. The molecule has 144 valence electrons. The van der Waals surface area contributed by atoms with Gasteiger partial charge in [-0.25, -0.2) is 5.43 Å². The number of aryl methyl sites for hydroxylation is 1. The van der Waals surface area contributed by atoms with Crippen LogP contribution in [0.2, 0.25) is 0 Å². The Kier molecular flexibility index (Phi) is 4.17. The van der Waals surface area contributed by atoms with E-state index in [2.05, 4.69) is 10.5 Å². The minimum absolute atomic E-state index is 0.140. The molecule has 0 fully saturated rings. The monoisotopic (exact) mass is 385 g/mol. The number of ether oxygens (including phenoxy) is 2. The minimum Gasteiger partial charge on any atom is -0.485 e. The third-order valence-electron chi connectivity index (χ3n) is 5.07. The van der Waals surface area contributed by atoms with Gasteiger partial charge in [0, 0.05) is 29.7 Å². The lowest BCUT2D eigenvalue weighted by Crippen LogP contribution is -2.42. The Labute approximate surface area is 167 Å². The van der Waals surface area contributed by atoms with Gasteiger partial charge in [-0.05, 0) is 29.0 Å². The number of amides is 1. The van der Waals surface area contributed by atoms with Gasteiger partial charge in [-0.3, -0.25) is 4.79 Å². The summed E-state index contributed by atoms with van der Waals surface area (Å²) >= 11 is 0. The second-order valence-electron chi connectivity index (χ2n) is 7.01. The highest BCUT2D eigenvalue weighted by Gasteiger charge is 2.27. The van der Waals surface area contributed by atoms with Crippen molar-refractivity contribution in [2.75, 3.05) is 6.61 Å². The highest BCUT2D eigenvalue weighted by Crippen LogP contribution is 2.35. The maximum absolute atomic E-state index is 12.5. The van der Waals surface area contributed by atoms with E-state index >= 15 is 0 Å². The summed E-state index contributed by atoms with van der Waals surface area (Å²) in [5.74, 6) is 0.862. The van der Waals surface area contributed by atoms with Crippen molar-refractivity contribution in [2.24, 2.45) is 12.1 Å². The second kappa shape index (κ2) is 6.98. The predicted octanol–water partition coefficient (Wildman–Crippen LogP) is 3.62. The Bertz CT molecular complexity index is 1260. The third kappa shape index (κ3) is 3.18. The zero-order valence-corrected chi connectivity index (χ0v) is 15.8. The molecule has 6 heteroatoms. The lowest BCUT2D eigenvalue weighted by Gasteiger charge is -2.25. The van der Waals surface area contributed by atoms with Gasteiger partial charge in [-0.1, -0.05) is 42.5 Å². The van der Waals surface area contributed by atoms with Crippen LogP contribution in [0.1, 0.15) is 5.56 Å². The summed E-state index contributed by atoms with van der Waals surface area (Å²) in [6, 6.07) is 19.8. The van der Waals surface area contributed by atoms with Gasteiger partial charge in [0.25, 0.3) is 5.91 Å². The zero-order chi connectivity index (χ0) is 19.8. The molecule has 5 rings (SSSR count). The van der Waals surface area contributed by atoms with Gasteiger partial charge >= 0.3 is 0 Å². The van der Waals surface area contributed by atoms with Crippen molar-refractivity contribution in [1.29, 1.82) is 0 Å². The van der Waals surface area contributed by atoms with Crippen molar-refractivity contribution in [1.82, 2.24) is 9.99 Å². The minimum atomic E-state index is -0.756. The van der Waals surface area contributed by atoms with E-state index in [0.717, 1.165) is 27.2 Å². The number of hydrazone groups is 1. The molecule has 29 heavy (non-hydrogen) atoms. The van der Waals surface area contributed by atoms with Crippen LogP contribution in [0.15, 0.2) is 72.0 Å². The number of hydrogen-bond acceptors (Lipinski definition) is 4. The maximum atomic E-state index is 12.5. The Morgan fingerprint density at radius 1 is 1.10 bits per heavy atom. The van der Waals surface area contributed by atoms with Crippen LogP contribution < -0.4 is 14.9 Å². The Morgan fingerprint density at radius 2 is 1.83 bits per heavy atom. The average molecular weight is 385 g/mol. The number of carbonyl (C=O) groups excluding carboxylic acids is 1. The van der Waals surface area contributed by atoms with Crippen LogP contribution in [0.5, 0.6) is 11.5 Å². The number of benzene rings is 3. The van der Waals surface area contributed by atoms with E-state index in [4.69, 9.17) is 9.47 Å². The number of nitrogens with zero attached hydrogens (tertiary/aromatic N) is 2. The van der Waals surface area contributed by atoms with Crippen LogP contribution in [0, 0.1) is 0 Å². The van der Waals surface area contributed by atoms with Gasteiger partial charge in [-0.2, -0.15) is 5.10 Å². The van der Waals surface area contributed by atoms with Crippen molar-refractivity contribution in [3.8, 4) is 11.5 Å². The van der Waals surface area contributed by atoms with E-state index < -0.39 is 6.10 Å². The molecule has 0 spiro atoms. The second-order valence-corrected chi connectivity index (χ2v) is 7.01. The fourth-order valence-corrected chi connectivity index (χ4v) is 3.60. The number of carbonyl (C=O) groups is 1. The first-order chi connectivity index (χ1) is 14.2. The van der Waals surface area contributed by atoms with Gasteiger partial charge in [0.05, 0.1) is 6.21 Å². The summed E-state index contributed by atoms with van der Waals surface area (Å²) in [5, 5.41) is 7.29. The van der Waals surface area contributed by atoms with E-state index in [0.29, 0.717) is 11.5 Å². The smallest absolute Gasteiger partial charge is 0.284 e. The van der Waals surface area contributed by atoms with Gasteiger partial charge < -0.3 is 14.0 Å². The zero-order valence-electron chi connectivity index (χ0n) is 15.8. The lowest BCUT2D eigenvalue weighted by atomic mass is 10.1. The van der Waals surface area contributed by atoms with Crippen LogP contribution in [0.25, 0.3) is 21.7 Å². The van der Waals surface area contributed by atoms with Gasteiger partial charge in [0.15, 0.2) is 11.5 Å². The van der Waals surface area contributed by atoms with Crippen molar-refractivity contribution in [3.63, 3.8) is 0 Å². The number of aromatic nitrogens is 1. The van der Waals surface area contributed by atoms with Crippen molar-refractivity contribution < 1.29 is 14.3 Å². The summed E-state index contributed by atoms with van der Waals surface area (Å²) in [7, 11) is 1.98. The van der Waals surface area contributed by atoms with Crippen molar-refractivity contribution >= 4 is 33.8 Å². The summed E-state index contributed by atoms with van der Waals surface area (Å²) in [6.07, 6.45) is 2.86. The molecule has 1 aliphatic rings. The SMILES string of the molecule is Cn1cc(C=NNC(=O)C2COc3cc4ccccc4cc3O2)c2ccccc21. The summed E-state index contributed by atoms with van der Waals surface area (Å²) in [6.45, 7) is 0.140. The molecule has 4 aromatic rings. The highest BCUT2D eigenvalue weighted by atomic mass is 16.6. The normalized spacial score (nSPS) is 15.8. The molecule has 0 bridgehead atoms. The molecule has 1 amide bonds. The molecule has 1 unspecified atom stereocenters. The molecule has 1 aromatic heterocycles. The topological polar surface area (TPSA) is 64.9 Å². The molecular formula is C23H19N3O3. The van der Waals surface area contributed by atoms with Gasteiger partial charge in [-0.15, -0.1) is 0 Å². The molecule has 0 saturated carbocycles. The molecule has 0 radical (unpaired) electrons. The summed E-state index contributed by atoms with van der Waals surface area (Å²) in [4.78, 5) is 12.5. The van der Waals surface area contributed by atoms with Gasteiger partial charge in [0.1, 0.15) is 6.61 Å². The molecule has 1 atom stereocenters. The molecule has 1 aliphatic heterocycles. The number of hydrogen-bond donors (Lipinski definition) is 1. The van der Waals surface area contributed by atoms with E-state index in [9.17, 15) is 4.79 Å². The Balaban J connectivity index is 1.30. The van der Waals surface area contributed by atoms with E-state index in [1.54, 1.807) is 6.21 Å². The van der Waals surface area contributed by atoms with Crippen LogP contribution in [-0.2, 0) is 11.8 Å². The predicted molar refractivity (Wildman–Crippen MR) is 113 cm³/mol. The maximum Gasteiger partial charge on any atom is 0.284 e. The van der Waals surface area contributed by atoms with Crippen LogP contribution >= 0.6 is 0 Å². The lowest BCUT2D eigenvalue weighted by molar-refractivity contribution is -0.130. The summed E-state index contributed by atoms with van der Waals surface area (Å²) in [5.41, 5.74) is 4.60. The molecular weight excluding hydrogens is 366 g/mol. The number of fused-ring (bicyclic) bond motifs is 3. The fourth-order valence-electron chi connectivity index (χ4n) is 3.60. The molecule has 1 N–H and O–H groups in total. The quantitative estimate of drug-likeness (QED) is 0.433. The Morgan fingerprint density at radius 3 is 2.66 bits per heavy atom. The highest BCUT2D eigenvalue weighted by molar-refractivity contribution is 5.99. The molecule has 3 aromatic carbocycles. The van der Waals surface area contributed by atoms with E-state index in [1.807, 2.05) is 78.5 Å². The molecule has 0 saturated heterocycles. The largest absolute Gasteiger partial charge is 0.485 e. The molecule has 6 nitrogen and oxygen atoms in total. The number of para-hydroxylation sites is 1. The van der Waals surface area contributed by atoms with E-state index in [1.165, 1.54) is 0 Å². The number of nitrogens with one attached hydrogen (secondary N) is 1. The Hall–Kier alpha value is -3.80. The van der Waals surface area contributed by atoms with Gasteiger partial charge in [0.2, 0.25) is 6.10 Å². The van der Waals surface area contributed by atoms with Crippen molar-refractivity contribution in [2.45, 2.75) is 6.10 Å². The van der Waals surface area contributed by atoms with Crippen LogP contribution in [0.3, 0.4) is 0 Å². The first kappa shape index (κ1) is 17.3. The summed E-state index contributed by atoms with van der Waals surface area (Å²) < 4.78 is 13.6. The molecule has 2 heterocycles. The first-order valence-electron chi connectivity index (χ1n) is 9.38. The van der Waals surface area contributed by atoms with E-state index in [-0.39, 0.29) is 12.5 Å². The van der Waals surface area contributed by atoms with Crippen LogP contribution in [0.4, 0.5) is 0 Å². The molecule has 0 aliphatic carbocycles. The van der Waals surface area contributed by atoms with Crippen LogP contribution in [-0.4, -0.2) is 29.4 Å². The average Bonchev–Trinajstić information content (AvgIpc) is 3.07. The first-order valence-corrected chi connectivity index (χ1v) is 9.38. The number of rotatable bonds is 3. The third-order valence-corrected chi connectivity index (χ3v) is 5.07. The standard InChI is InChI=1S/C23H19N3O3/c1-26-13-17(18-8-4-5-9-19(18)26)12-24-25-23(27)22-14-28-20-10-15-6-2-3-7-16(15)11-21(20)29-22/h2-13,22H,14H2,1H3,(H,25,27). The van der Waals surface area contributed by atoms with Crippen molar-refractivity contribution in [3.05, 3.63) is 72.4 Å².